The van der Waals surface area contributed by atoms with Crippen LogP contribution in [-0.4, -0.2) is 33.8 Å². The zero-order chi connectivity index (χ0) is 14.3. The molecule has 0 heterocycles. The van der Waals surface area contributed by atoms with Gasteiger partial charge in [-0.1, -0.05) is 22.0 Å². The van der Waals surface area contributed by atoms with Gasteiger partial charge in [-0.3, -0.25) is 0 Å². The fourth-order valence-electron chi connectivity index (χ4n) is 1.75. The van der Waals surface area contributed by atoms with Gasteiger partial charge in [0.1, 0.15) is 12.4 Å². The van der Waals surface area contributed by atoms with Gasteiger partial charge < -0.3 is 14.8 Å². The lowest BCUT2D eigenvalue weighted by Crippen LogP contribution is -2.19. The van der Waals surface area contributed by atoms with E-state index in [2.05, 4.69) is 21.2 Å². The third-order valence-electron chi connectivity index (χ3n) is 2.73. The van der Waals surface area contributed by atoms with Gasteiger partial charge in [-0.15, -0.1) is 0 Å². The van der Waals surface area contributed by atoms with Gasteiger partial charge in [-0.25, -0.2) is 8.78 Å². The predicted octanol–water partition coefficient (Wildman–Crippen LogP) is 3.39. The molecule has 0 spiro atoms. The molecule has 1 atom stereocenters. The summed E-state index contributed by atoms with van der Waals surface area (Å²) in [4.78, 5) is 0. The summed E-state index contributed by atoms with van der Waals surface area (Å²) in [5, 5.41) is 3.15. The van der Waals surface area contributed by atoms with E-state index in [-0.39, 0.29) is 12.6 Å². The molecule has 0 aromatic heterocycles. The third kappa shape index (κ3) is 5.42. The number of hydrogen-bond acceptors (Lipinski definition) is 3. The van der Waals surface area contributed by atoms with E-state index in [4.69, 9.17) is 9.47 Å². The van der Waals surface area contributed by atoms with Crippen LogP contribution in [0, 0.1) is 0 Å². The number of benzene rings is 1. The molecule has 1 aromatic rings. The summed E-state index contributed by atoms with van der Waals surface area (Å²) in [6, 6.07) is 5.72. The van der Waals surface area contributed by atoms with Crippen LogP contribution >= 0.6 is 15.9 Å². The Labute approximate surface area is 120 Å². The highest BCUT2D eigenvalue weighted by molar-refractivity contribution is 9.10. The fraction of sp³-hybridized carbons (Fsp3) is 0.538. The average molecular weight is 338 g/mol. The number of halogens is 3. The van der Waals surface area contributed by atoms with Gasteiger partial charge in [0.05, 0.1) is 7.11 Å². The van der Waals surface area contributed by atoms with E-state index in [0.717, 1.165) is 15.8 Å². The van der Waals surface area contributed by atoms with Crippen molar-refractivity contribution in [1.29, 1.82) is 0 Å². The zero-order valence-electron chi connectivity index (χ0n) is 11.0. The Hall–Kier alpha value is -0.720. The van der Waals surface area contributed by atoms with E-state index in [1.54, 1.807) is 7.11 Å². The second kappa shape index (κ2) is 8.45. The molecule has 0 aliphatic rings. The molecule has 3 nitrogen and oxygen atoms in total. The molecule has 0 saturated heterocycles. The van der Waals surface area contributed by atoms with Crippen molar-refractivity contribution < 1.29 is 18.3 Å². The van der Waals surface area contributed by atoms with Gasteiger partial charge >= 0.3 is 0 Å². The van der Waals surface area contributed by atoms with Crippen molar-refractivity contribution in [1.82, 2.24) is 5.32 Å². The Bertz CT molecular complexity index is 391. The fourth-order valence-corrected chi connectivity index (χ4v) is 2.38. The van der Waals surface area contributed by atoms with Crippen molar-refractivity contribution in [2.75, 3.05) is 27.4 Å². The smallest absolute Gasteiger partial charge is 0.261 e. The molecular formula is C13H18BrF2NO2. The lowest BCUT2D eigenvalue weighted by atomic mass is 10.0. The van der Waals surface area contributed by atoms with E-state index < -0.39 is 13.0 Å². The van der Waals surface area contributed by atoms with Crippen molar-refractivity contribution in [2.24, 2.45) is 0 Å². The van der Waals surface area contributed by atoms with E-state index in [1.165, 1.54) is 0 Å². The first-order valence-electron chi connectivity index (χ1n) is 5.95. The van der Waals surface area contributed by atoms with Crippen LogP contribution in [0.4, 0.5) is 8.78 Å². The molecule has 0 aliphatic heterocycles. The molecule has 6 heteroatoms. The van der Waals surface area contributed by atoms with E-state index in [9.17, 15) is 8.78 Å². The van der Waals surface area contributed by atoms with E-state index in [0.29, 0.717) is 6.42 Å². The second-order valence-corrected chi connectivity index (χ2v) is 4.84. The topological polar surface area (TPSA) is 30.5 Å². The summed E-state index contributed by atoms with van der Waals surface area (Å²) in [7, 11) is 3.43. The highest BCUT2D eigenvalue weighted by atomic mass is 79.9. The predicted molar refractivity (Wildman–Crippen MR) is 73.9 cm³/mol. The SMILES string of the molecule is CNC(CCOCC(F)F)c1ccc(OC)cc1Br. The van der Waals surface area contributed by atoms with Gasteiger partial charge in [0.25, 0.3) is 6.43 Å². The van der Waals surface area contributed by atoms with Crippen molar-refractivity contribution in [3.8, 4) is 5.75 Å². The van der Waals surface area contributed by atoms with Gasteiger partial charge in [0.2, 0.25) is 0 Å². The minimum absolute atomic E-state index is 0.0398. The first kappa shape index (κ1) is 16.3. The molecule has 0 radical (unpaired) electrons. The van der Waals surface area contributed by atoms with Crippen LogP contribution in [-0.2, 0) is 4.74 Å². The Balaban J connectivity index is 2.59. The van der Waals surface area contributed by atoms with Crippen molar-refractivity contribution in [3.63, 3.8) is 0 Å². The minimum atomic E-state index is -2.42. The van der Waals surface area contributed by atoms with Crippen molar-refractivity contribution >= 4 is 15.9 Å². The first-order chi connectivity index (χ1) is 9.08. The van der Waals surface area contributed by atoms with E-state index in [1.807, 2.05) is 25.2 Å². The summed E-state index contributed by atoms with van der Waals surface area (Å²) in [6.07, 6.45) is -1.80. The maximum atomic E-state index is 11.9. The molecule has 0 aliphatic carbocycles. The zero-order valence-corrected chi connectivity index (χ0v) is 12.5. The monoisotopic (exact) mass is 337 g/mol. The molecule has 108 valence electrons. The third-order valence-corrected chi connectivity index (χ3v) is 3.41. The van der Waals surface area contributed by atoms with Crippen LogP contribution in [0.5, 0.6) is 5.75 Å². The van der Waals surface area contributed by atoms with Crippen LogP contribution in [0.1, 0.15) is 18.0 Å². The van der Waals surface area contributed by atoms with Crippen LogP contribution in [0.25, 0.3) is 0 Å². The van der Waals surface area contributed by atoms with Crippen LogP contribution < -0.4 is 10.1 Å². The number of rotatable bonds is 8. The summed E-state index contributed by atoms with van der Waals surface area (Å²) in [5.74, 6) is 0.763. The quantitative estimate of drug-likeness (QED) is 0.737. The molecule has 1 aromatic carbocycles. The Morgan fingerprint density at radius 1 is 1.37 bits per heavy atom. The van der Waals surface area contributed by atoms with E-state index >= 15 is 0 Å². The highest BCUT2D eigenvalue weighted by Gasteiger charge is 2.13. The maximum Gasteiger partial charge on any atom is 0.261 e. The maximum absolute atomic E-state index is 11.9. The minimum Gasteiger partial charge on any atom is -0.497 e. The van der Waals surface area contributed by atoms with Crippen LogP contribution in [0.3, 0.4) is 0 Å². The van der Waals surface area contributed by atoms with Gasteiger partial charge in [-0.2, -0.15) is 0 Å². The second-order valence-electron chi connectivity index (χ2n) is 3.98. The van der Waals surface area contributed by atoms with Crippen molar-refractivity contribution in [3.05, 3.63) is 28.2 Å². The summed E-state index contributed by atoms with van der Waals surface area (Å²) < 4.78 is 34.8. The van der Waals surface area contributed by atoms with Crippen molar-refractivity contribution in [2.45, 2.75) is 18.9 Å². The van der Waals surface area contributed by atoms with Gasteiger partial charge in [0, 0.05) is 17.1 Å². The molecular weight excluding hydrogens is 320 g/mol. The molecule has 0 fully saturated rings. The van der Waals surface area contributed by atoms with Gasteiger partial charge in [0.15, 0.2) is 0 Å². The molecule has 19 heavy (non-hydrogen) atoms. The molecule has 1 N–H and O–H groups in total. The average Bonchev–Trinajstić information content (AvgIpc) is 2.39. The lowest BCUT2D eigenvalue weighted by molar-refractivity contribution is 0.0145. The number of ether oxygens (including phenoxy) is 2. The van der Waals surface area contributed by atoms with Gasteiger partial charge in [-0.05, 0) is 31.2 Å². The molecule has 0 amide bonds. The molecule has 1 unspecified atom stereocenters. The Morgan fingerprint density at radius 2 is 2.11 bits per heavy atom. The summed E-state index contributed by atoms with van der Waals surface area (Å²) in [6.45, 7) is -0.228. The lowest BCUT2D eigenvalue weighted by Gasteiger charge is -2.18. The van der Waals surface area contributed by atoms with Crippen LogP contribution in [0.2, 0.25) is 0 Å². The number of nitrogens with one attached hydrogen (secondary N) is 1. The Kier molecular flexibility index (Phi) is 7.27. The summed E-state index contributed by atoms with van der Waals surface area (Å²) >= 11 is 3.48. The molecule has 1 rings (SSSR count). The first-order valence-corrected chi connectivity index (χ1v) is 6.74. The molecule has 0 bridgehead atoms. The number of hydrogen-bond donors (Lipinski definition) is 1. The Morgan fingerprint density at radius 3 is 2.63 bits per heavy atom. The van der Waals surface area contributed by atoms with Crippen LogP contribution in [0.15, 0.2) is 22.7 Å². The standard InChI is InChI=1S/C13H18BrF2NO2/c1-17-12(5-6-19-8-13(15)16)10-4-3-9(18-2)7-11(10)14/h3-4,7,12-13,17H,5-6,8H2,1-2H3. The number of methoxy groups -OCH3 is 1. The largest absolute Gasteiger partial charge is 0.497 e. The molecule has 0 saturated carbocycles. The summed E-state index contributed by atoms with van der Waals surface area (Å²) in [5.41, 5.74) is 1.05. The normalized spacial score (nSPS) is 12.7. The highest BCUT2D eigenvalue weighted by Crippen LogP contribution is 2.29. The number of alkyl halides is 2.